The van der Waals surface area contributed by atoms with Gasteiger partial charge in [0.1, 0.15) is 66.9 Å². The molecule has 0 radical (unpaired) electrons. The molecular weight excluding hydrogens is 1210 g/mol. The second kappa shape index (κ2) is 34.1. The normalized spacial score (nSPS) is 20.1. The molecule has 2 aromatic rings. The van der Waals surface area contributed by atoms with Gasteiger partial charge in [-0.3, -0.25) is 57.2 Å². The monoisotopic (exact) mass is 1290 g/mol. The highest BCUT2D eigenvalue weighted by Gasteiger charge is 2.48. The molecule has 3 rings (SSSR count). The van der Waals surface area contributed by atoms with E-state index < -0.39 is 145 Å². The molecule has 39 nitrogen and oxygen atoms in total. The second-order valence-corrected chi connectivity index (χ2v) is 25.0. The van der Waals surface area contributed by atoms with Crippen LogP contribution in [0.3, 0.4) is 0 Å². The summed E-state index contributed by atoms with van der Waals surface area (Å²) < 4.78 is 63.5. The summed E-state index contributed by atoms with van der Waals surface area (Å²) in [5.41, 5.74) is 33.7. The van der Waals surface area contributed by atoms with Crippen LogP contribution in [0.25, 0.3) is 11.2 Å². The van der Waals surface area contributed by atoms with Crippen LogP contribution in [0, 0.1) is 11.8 Å². The van der Waals surface area contributed by atoms with Crippen molar-refractivity contribution < 1.29 is 99.7 Å². The molecule has 24 N–H and O–H groups in total. The van der Waals surface area contributed by atoms with Gasteiger partial charge in [-0.05, 0) is 70.1 Å². The third-order valence-electron chi connectivity index (χ3n) is 12.1. The molecule has 0 aromatic carbocycles. The maximum atomic E-state index is 14.0. The maximum Gasteiger partial charge on any atom is 0.490 e. The van der Waals surface area contributed by atoms with Crippen molar-refractivity contribution in [3.63, 3.8) is 0 Å². The molecule has 1 aliphatic heterocycles. The number of nitrogens with one attached hydrogen (secondary N) is 6. The first kappa shape index (κ1) is 73.7. The van der Waals surface area contributed by atoms with Crippen molar-refractivity contribution in [1.29, 1.82) is 0 Å². The number of hydrogen-bond acceptors (Lipinski definition) is 24. The lowest BCUT2D eigenvalue weighted by atomic mass is 10.0. The van der Waals surface area contributed by atoms with E-state index in [4.69, 9.17) is 48.8 Å². The lowest BCUT2D eigenvalue weighted by molar-refractivity contribution is -0.138. The van der Waals surface area contributed by atoms with Crippen LogP contribution < -0.4 is 66.3 Å². The molecule has 42 heteroatoms. The number of unbranched alkanes of at least 4 members (excludes halogenated alkanes) is 2. The van der Waals surface area contributed by atoms with Crippen molar-refractivity contribution in [3.8, 4) is 0 Å². The molecule has 0 aliphatic carbocycles. The van der Waals surface area contributed by atoms with Gasteiger partial charge >= 0.3 is 29.4 Å². The SMILES string of the molecule is CC(C)C[C@H](NC(=O)[C@H](COP(=O)(O)OP(=O)(O)OP(=O)(O)OC[C@H]1O[C@@H](n2cnc3c(N)ncnc32)[C@H](O)[C@@H]1O)NC(=O)[C@H](C)NC(=O)[C@H](CCCCN=C(N)N)NC(=O)[C@H](CCCCN=C(N)N)NC(=O)[C@@H](N)CC(C)C)C(=O)NCC(=O)O. The van der Waals surface area contributed by atoms with E-state index in [9.17, 15) is 72.2 Å². The highest BCUT2D eigenvalue weighted by Crippen LogP contribution is 2.67. The van der Waals surface area contributed by atoms with Crippen LogP contribution in [0.2, 0.25) is 0 Å². The number of fused-ring (bicyclic) bond motifs is 1. The fourth-order valence-electron chi connectivity index (χ4n) is 7.97. The number of imidazole rings is 1. The van der Waals surface area contributed by atoms with Gasteiger partial charge in [-0.15, -0.1) is 0 Å². The van der Waals surface area contributed by atoms with Crippen LogP contribution in [-0.2, 0) is 69.7 Å². The van der Waals surface area contributed by atoms with Gasteiger partial charge < -0.3 is 101 Å². The Morgan fingerprint density at radius 2 is 1.17 bits per heavy atom. The number of aliphatic carboxylic acids is 1. The number of anilines is 1. The zero-order valence-electron chi connectivity index (χ0n) is 47.6. The topological polar surface area (TPSA) is 635 Å². The number of guanidine groups is 2. The molecule has 1 aliphatic rings. The van der Waals surface area contributed by atoms with Crippen molar-refractivity contribution >= 4 is 93.8 Å². The molecule has 0 spiro atoms. The van der Waals surface area contributed by atoms with Gasteiger partial charge in [-0.2, -0.15) is 8.62 Å². The lowest BCUT2D eigenvalue weighted by Crippen LogP contribution is -2.59. The number of hydrogen-bond donors (Lipinski definition) is 18. The van der Waals surface area contributed by atoms with Gasteiger partial charge in [0.25, 0.3) is 0 Å². The zero-order chi connectivity index (χ0) is 64.9. The number of aliphatic imine (C=N–C) groups is 2. The average molecular weight is 1290 g/mol. The Hall–Kier alpha value is -6.57. The van der Waals surface area contributed by atoms with E-state index in [1.807, 2.05) is 13.8 Å². The Labute approximate surface area is 492 Å². The summed E-state index contributed by atoms with van der Waals surface area (Å²) in [6.45, 7) is 4.72. The van der Waals surface area contributed by atoms with Gasteiger partial charge in [-0.1, -0.05) is 27.7 Å². The quantitative estimate of drug-likeness (QED) is 0.0130. The zero-order valence-corrected chi connectivity index (χ0v) is 50.3. The maximum absolute atomic E-state index is 14.0. The van der Waals surface area contributed by atoms with Crippen molar-refractivity contribution in [1.82, 2.24) is 51.4 Å². The minimum Gasteiger partial charge on any atom is -0.480 e. The molecule has 3 unspecified atom stereocenters. The number of aliphatic hydroxyl groups is 2. The van der Waals surface area contributed by atoms with E-state index in [0.717, 1.165) is 24.1 Å². The van der Waals surface area contributed by atoms with Crippen LogP contribution in [0.4, 0.5) is 5.82 Å². The van der Waals surface area contributed by atoms with E-state index in [2.05, 4.69) is 70.0 Å². The second-order valence-electron chi connectivity index (χ2n) is 20.3. The molecule has 486 valence electrons. The van der Waals surface area contributed by atoms with Crippen LogP contribution in [0.5, 0.6) is 0 Å². The predicted molar refractivity (Wildman–Crippen MR) is 301 cm³/mol. The number of carboxylic acid groups (broad SMARTS) is 1. The first-order valence-corrected chi connectivity index (χ1v) is 31.0. The predicted octanol–water partition coefficient (Wildman–Crippen LogP) is -4.65. The van der Waals surface area contributed by atoms with Crippen LogP contribution in [0.15, 0.2) is 22.6 Å². The Bertz CT molecular complexity index is 2860. The lowest BCUT2D eigenvalue weighted by Gasteiger charge is -2.27. The number of amides is 6. The number of rotatable bonds is 38. The number of nitrogens with two attached hydrogens (primary N) is 6. The summed E-state index contributed by atoms with van der Waals surface area (Å²) in [4.78, 5) is 144. The third-order valence-corrected chi connectivity index (χ3v) is 16.3. The fraction of sp³-hybridized carbons (Fsp3) is 0.682. The molecule has 13 atom stereocenters. The fourth-order valence-corrected chi connectivity index (χ4v) is 11.5. The number of aliphatic hydroxyl groups excluding tert-OH is 2. The van der Waals surface area contributed by atoms with Crippen molar-refractivity contribution in [3.05, 3.63) is 12.7 Å². The molecule has 0 bridgehead atoms. The largest absolute Gasteiger partial charge is 0.490 e. The van der Waals surface area contributed by atoms with E-state index in [0.29, 0.717) is 12.8 Å². The van der Waals surface area contributed by atoms with Gasteiger partial charge in [-0.25, -0.2) is 28.6 Å². The number of carbonyl (C=O) groups excluding carboxylic acids is 6. The summed E-state index contributed by atoms with van der Waals surface area (Å²) in [5, 5.41) is 44.5. The summed E-state index contributed by atoms with van der Waals surface area (Å²) >= 11 is 0. The van der Waals surface area contributed by atoms with Gasteiger partial charge in [0.2, 0.25) is 35.4 Å². The van der Waals surface area contributed by atoms with E-state index in [-0.39, 0.29) is 92.4 Å². The Balaban J connectivity index is 1.85. The number of carboxylic acids is 1. The minimum absolute atomic E-state index is 0.00497. The number of nitrogen functional groups attached to an aromatic ring is 1. The summed E-state index contributed by atoms with van der Waals surface area (Å²) in [5.74, 6) is -8.47. The molecule has 2 aromatic heterocycles. The number of carbonyl (C=O) groups is 7. The van der Waals surface area contributed by atoms with Crippen molar-refractivity contribution in [2.75, 3.05) is 38.6 Å². The first-order valence-electron chi connectivity index (χ1n) is 26.5. The molecule has 0 saturated carbocycles. The van der Waals surface area contributed by atoms with Crippen molar-refractivity contribution in [2.24, 2.45) is 50.5 Å². The van der Waals surface area contributed by atoms with E-state index in [1.165, 1.54) is 0 Å². The van der Waals surface area contributed by atoms with Crippen molar-refractivity contribution in [2.45, 2.75) is 147 Å². The number of aromatic nitrogens is 4. The summed E-state index contributed by atoms with van der Waals surface area (Å²) in [6.07, 6.45) is -3.42. The summed E-state index contributed by atoms with van der Waals surface area (Å²) in [7, 11) is -18.3. The standard InChI is InChI=1S/C44H79N18O21P3/c1-21(2)14-24(45)37(68)58-26(11-7-9-13-52-44(49)50)40(71)59-25(10-6-8-12-51-43(47)48)39(70)57-23(5)36(67)61-28(41(72)60-27(15-22(3)4)38(69)53-16-30(63)64)17-79-84(73,74)82-86(77,78)83-85(75,76)80-18-29-32(65)33(66)42(81-29)62-20-56-31-34(46)54-19-55-35(31)62/h19-29,32-33,42,65-66H,6-18,45H2,1-5H3,(H,53,69)(H,57,70)(H,58,68)(H,59,71)(H,60,72)(H,61,67)(H,63,64)(H,73,74)(H,75,76)(H,77,78)(H2,46,54,55)(H4,47,48,51)(H4,49,50,52)/t23-,24-,25-,26-,27-,28-,29+,32+,33+,42+/m0/s1. The number of nitrogens with zero attached hydrogens (tertiary/aromatic N) is 6. The molecule has 6 amide bonds. The van der Waals surface area contributed by atoms with Gasteiger partial charge in [0.05, 0.1) is 25.6 Å². The summed E-state index contributed by atoms with van der Waals surface area (Å²) in [6, 6.07) is -9.19. The number of phosphoric ester groups is 2. The molecule has 1 fully saturated rings. The first-order chi connectivity index (χ1) is 40.0. The van der Waals surface area contributed by atoms with E-state index in [1.54, 1.807) is 13.8 Å². The van der Waals surface area contributed by atoms with E-state index >= 15 is 0 Å². The van der Waals surface area contributed by atoms with Gasteiger partial charge in [0, 0.05) is 13.1 Å². The van der Waals surface area contributed by atoms with Crippen LogP contribution in [0.1, 0.15) is 92.2 Å². The average Bonchev–Trinajstić information content (AvgIpc) is 1.83. The third kappa shape index (κ3) is 25.4. The highest BCUT2D eigenvalue weighted by atomic mass is 31.3. The minimum atomic E-state index is -6.28. The number of ether oxygens (including phenoxy) is 1. The number of phosphoric acid groups is 3. The molecule has 1 saturated heterocycles. The molecule has 3 heterocycles. The Morgan fingerprint density at radius 3 is 1.72 bits per heavy atom. The molecular formula is C44H79N18O21P3. The highest BCUT2D eigenvalue weighted by molar-refractivity contribution is 7.66. The van der Waals surface area contributed by atoms with Crippen LogP contribution in [-0.4, -0.2) is 190 Å². The molecule has 86 heavy (non-hydrogen) atoms. The Morgan fingerprint density at radius 1 is 0.663 bits per heavy atom. The Kier molecular flexibility index (Phi) is 29.2. The van der Waals surface area contributed by atoms with Gasteiger partial charge in [0.15, 0.2) is 29.6 Å². The smallest absolute Gasteiger partial charge is 0.480 e. The van der Waals surface area contributed by atoms with Crippen LogP contribution >= 0.6 is 23.5 Å².